The van der Waals surface area contributed by atoms with E-state index in [2.05, 4.69) is 36.8 Å². The van der Waals surface area contributed by atoms with Crippen molar-refractivity contribution in [2.45, 2.75) is 11.8 Å². The number of alkyl halides is 3. The molecule has 0 fully saturated rings. The maximum absolute atomic E-state index is 12.5. The summed E-state index contributed by atoms with van der Waals surface area (Å²) in [5, 5.41) is 10.5. The van der Waals surface area contributed by atoms with Gasteiger partial charge in [-0.15, -0.1) is 0 Å². The highest BCUT2D eigenvalue weighted by atomic mass is 79.9. The summed E-state index contributed by atoms with van der Waals surface area (Å²) in [5.74, 6) is -0.458. The average molecular weight is 346 g/mol. The van der Waals surface area contributed by atoms with Crippen molar-refractivity contribution >= 4 is 37.7 Å². The molecule has 0 amide bonds. The molecular formula is C7H4Br2F2N2O2. The van der Waals surface area contributed by atoms with Crippen molar-refractivity contribution in [1.82, 2.24) is 4.98 Å². The van der Waals surface area contributed by atoms with Crippen molar-refractivity contribution < 1.29 is 13.7 Å². The van der Waals surface area contributed by atoms with Crippen LogP contribution >= 0.6 is 31.9 Å². The maximum atomic E-state index is 12.5. The number of pyridine rings is 1. The molecule has 15 heavy (non-hydrogen) atoms. The molecule has 0 unspecified atom stereocenters. The number of hydrogen-bond donors (Lipinski definition) is 0. The molecule has 0 aliphatic heterocycles. The Morgan fingerprint density at radius 3 is 2.60 bits per heavy atom. The molecule has 0 spiro atoms. The zero-order valence-corrected chi connectivity index (χ0v) is 10.3. The Morgan fingerprint density at radius 2 is 2.20 bits per heavy atom. The van der Waals surface area contributed by atoms with E-state index in [-0.39, 0.29) is 21.1 Å². The lowest BCUT2D eigenvalue weighted by molar-refractivity contribution is -0.389. The van der Waals surface area contributed by atoms with E-state index in [1.165, 1.54) is 0 Å². The summed E-state index contributed by atoms with van der Waals surface area (Å²) in [4.78, 5) is 13.2. The van der Waals surface area contributed by atoms with Gasteiger partial charge >= 0.3 is 5.82 Å². The smallest absolute Gasteiger partial charge is 0.358 e. The van der Waals surface area contributed by atoms with Gasteiger partial charge in [-0.05, 0) is 25.8 Å². The summed E-state index contributed by atoms with van der Waals surface area (Å²) in [6.07, 6.45) is -2.72. The Balaban J connectivity index is 3.37. The van der Waals surface area contributed by atoms with Crippen LogP contribution in [-0.2, 0) is 5.33 Å². The lowest BCUT2D eigenvalue weighted by Crippen LogP contribution is -2.01. The predicted molar refractivity (Wildman–Crippen MR) is 56.2 cm³/mol. The van der Waals surface area contributed by atoms with Crippen LogP contribution < -0.4 is 0 Å². The van der Waals surface area contributed by atoms with Crippen molar-refractivity contribution in [2.24, 2.45) is 0 Å². The third-order valence-electron chi connectivity index (χ3n) is 1.61. The molecule has 0 N–H and O–H groups in total. The fourth-order valence-electron chi connectivity index (χ4n) is 0.985. The lowest BCUT2D eigenvalue weighted by atomic mass is 10.2. The second kappa shape index (κ2) is 4.93. The monoisotopic (exact) mass is 344 g/mol. The first-order valence-electron chi connectivity index (χ1n) is 3.65. The van der Waals surface area contributed by atoms with Gasteiger partial charge in [0.25, 0.3) is 6.43 Å². The van der Waals surface area contributed by atoms with Crippen molar-refractivity contribution in [3.8, 4) is 0 Å². The SMILES string of the molecule is O=[N+]([O-])c1cc(Br)c(C(F)F)c(CBr)n1. The number of aromatic nitrogens is 1. The first kappa shape index (κ1) is 12.4. The van der Waals surface area contributed by atoms with Crippen LogP contribution in [0, 0.1) is 10.1 Å². The van der Waals surface area contributed by atoms with Crippen LogP contribution in [0.4, 0.5) is 14.6 Å². The van der Waals surface area contributed by atoms with Crippen molar-refractivity contribution in [3.63, 3.8) is 0 Å². The molecule has 0 bridgehead atoms. The van der Waals surface area contributed by atoms with E-state index in [0.29, 0.717) is 0 Å². The first-order valence-corrected chi connectivity index (χ1v) is 5.56. The number of nitro groups is 1. The van der Waals surface area contributed by atoms with Gasteiger partial charge in [0, 0.05) is 4.47 Å². The summed E-state index contributed by atoms with van der Waals surface area (Å²) in [7, 11) is 0. The van der Waals surface area contributed by atoms with Crippen LogP contribution in [0.1, 0.15) is 17.7 Å². The molecule has 0 aliphatic carbocycles. The zero-order valence-electron chi connectivity index (χ0n) is 7.08. The molecule has 0 saturated heterocycles. The van der Waals surface area contributed by atoms with Gasteiger partial charge in [-0.2, -0.15) is 0 Å². The molecule has 1 rings (SSSR count). The van der Waals surface area contributed by atoms with Crippen LogP contribution in [0.5, 0.6) is 0 Å². The van der Waals surface area contributed by atoms with Gasteiger partial charge in [-0.3, -0.25) is 0 Å². The number of hydrogen-bond acceptors (Lipinski definition) is 3. The molecule has 0 aliphatic rings. The molecule has 4 nitrogen and oxygen atoms in total. The normalized spacial score (nSPS) is 10.7. The number of halogens is 4. The highest BCUT2D eigenvalue weighted by Gasteiger charge is 2.24. The first-order chi connectivity index (χ1) is 6.97. The van der Waals surface area contributed by atoms with Crippen molar-refractivity contribution in [1.29, 1.82) is 0 Å². The molecular weight excluding hydrogens is 342 g/mol. The average Bonchev–Trinajstić information content (AvgIpc) is 2.15. The highest BCUT2D eigenvalue weighted by Crippen LogP contribution is 2.33. The molecule has 0 saturated carbocycles. The summed E-state index contributed by atoms with van der Waals surface area (Å²) in [5.41, 5.74) is -0.358. The second-order valence-electron chi connectivity index (χ2n) is 2.51. The Morgan fingerprint density at radius 1 is 1.60 bits per heavy atom. The molecule has 0 atom stereocenters. The van der Waals surface area contributed by atoms with E-state index in [1.807, 2.05) is 0 Å². The van der Waals surface area contributed by atoms with Gasteiger partial charge in [0.05, 0.1) is 17.0 Å². The quantitative estimate of drug-likeness (QED) is 0.478. The molecule has 0 aromatic carbocycles. The Bertz CT molecular complexity index is 401. The van der Waals surface area contributed by atoms with Crippen molar-refractivity contribution in [3.05, 3.63) is 31.9 Å². The fourth-order valence-corrected chi connectivity index (χ4v) is 2.02. The zero-order chi connectivity index (χ0) is 11.6. The van der Waals surface area contributed by atoms with Crippen LogP contribution in [0.15, 0.2) is 10.5 Å². The minimum atomic E-state index is -2.72. The third-order valence-corrected chi connectivity index (χ3v) is 2.79. The summed E-state index contributed by atoms with van der Waals surface area (Å²) in [6, 6.07) is 0.966. The van der Waals surface area contributed by atoms with E-state index >= 15 is 0 Å². The van der Waals surface area contributed by atoms with Gasteiger partial charge in [0.1, 0.15) is 0 Å². The van der Waals surface area contributed by atoms with Gasteiger partial charge in [0.2, 0.25) is 0 Å². The summed E-state index contributed by atoms with van der Waals surface area (Å²) >= 11 is 5.82. The molecule has 1 aromatic rings. The summed E-state index contributed by atoms with van der Waals surface area (Å²) < 4.78 is 25.1. The third kappa shape index (κ3) is 2.69. The molecule has 1 aromatic heterocycles. The number of nitrogens with zero attached hydrogens (tertiary/aromatic N) is 2. The molecule has 1 heterocycles. The maximum Gasteiger partial charge on any atom is 0.364 e. The van der Waals surface area contributed by atoms with Crippen molar-refractivity contribution in [2.75, 3.05) is 0 Å². The second-order valence-corrected chi connectivity index (χ2v) is 3.93. The standard InChI is InChI=1S/C7H4Br2F2N2O2/c8-2-4-6(7(10)11)3(9)1-5(12-4)13(14)15/h1,7H,2H2. The van der Waals surface area contributed by atoms with Gasteiger partial charge < -0.3 is 10.1 Å². The van der Waals surface area contributed by atoms with E-state index in [0.717, 1.165) is 6.07 Å². The van der Waals surface area contributed by atoms with Gasteiger partial charge in [-0.25, -0.2) is 8.78 Å². The minimum absolute atomic E-state index is 0.00588. The largest absolute Gasteiger partial charge is 0.364 e. The summed E-state index contributed by atoms with van der Waals surface area (Å²) in [6.45, 7) is 0. The number of rotatable bonds is 3. The molecule has 0 radical (unpaired) electrons. The predicted octanol–water partition coefficient (Wildman–Crippen LogP) is 3.58. The van der Waals surface area contributed by atoms with E-state index in [4.69, 9.17) is 0 Å². The lowest BCUT2D eigenvalue weighted by Gasteiger charge is -2.04. The van der Waals surface area contributed by atoms with E-state index in [1.54, 1.807) is 0 Å². The Hall–Kier alpha value is -0.630. The van der Waals surface area contributed by atoms with Crippen LogP contribution in [0.25, 0.3) is 0 Å². The van der Waals surface area contributed by atoms with Crippen LogP contribution in [0.3, 0.4) is 0 Å². The van der Waals surface area contributed by atoms with Crippen LogP contribution in [0.2, 0.25) is 0 Å². The van der Waals surface area contributed by atoms with E-state index in [9.17, 15) is 18.9 Å². The topological polar surface area (TPSA) is 56.0 Å². The van der Waals surface area contributed by atoms with E-state index < -0.39 is 17.2 Å². The van der Waals surface area contributed by atoms with Crippen LogP contribution in [-0.4, -0.2) is 9.91 Å². The Labute approximate surface area is 100 Å². The minimum Gasteiger partial charge on any atom is -0.358 e. The fraction of sp³-hybridized carbons (Fsp3) is 0.286. The molecule has 8 heteroatoms. The van der Waals surface area contributed by atoms with Gasteiger partial charge in [0.15, 0.2) is 5.69 Å². The molecule has 82 valence electrons. The highest BCUT2D eigenvalue weighted by molar-refractivity contribution is 9.10. The van der Waals surface area contributed by atoms with Gasteiger partial charge in [-0.1, -0.05) is 15.9 Å². The Kier molecular flexibility index (Phi) is 4.09.